The standard InChI is InChI=1S/C16H29N3O/c1-4-10-17-14(13-16(20-3)8-5-9-16)6-7-15-18-11-12-19(15)2/h11-12,14,17H,4-10,13H2,1-3H3. The van der Waals surface area contributed by atoms with Crippen LogP contribution in [0.4, 0.5) is 0 Å². The molecule has 1 saturated carbocycles. The highest BCUT2D eigenvalue weighted by molar-refractivity contribution is 4.96. The number of aryl methyl sites for hydroxylation is 2. The summed E-state index contributed by atoms with van der Waals surface area (Å²) in [6.45, 7) is 3.31. The van der Waals surface area contributed by atoms with Gasteiger partial charge in [-0.3, -0.25) is 0 Å². The van der Waals surface area contributed by atoms with Crippen LogP contribution in [-0.4, -0.2) is 34.8 Å². The van der Waals surface area contributed by atoms with E-state index < -0.39 is 0 Å². The second-order valence-corrected chi connectivity index (χ2v) is 6.09. The molecule has 1 unspecified atom stereocenters. The van der Waals surface area contributed by atoms with Crippen LogP contribution < -0.4 is 5.32 Å². The number of imidazole rings is 1. The van der Waals surface area contributed by atoms with Crippen molar-refractivity contribution in [2.75, 3.05) is 13.7 Å². The van der Waals surface area contributed by atoms with Crippen LogP contribution in [0.1, 0.15) is 51.3 Å². The summed E-state index contributed by atoms with van der Waals surface area (Å²) >= 11 is 0. The lowest BCUT2D eigenvalue weighted by Gasteiger charge is -2.43. The highest BCUT2D eigenvalue weighted by Crippen LogP contribution is 2.39. The number of nitrogens with zero attached hydrogens (tertiary/aromatic N) is 2. The number of hydrogen-bond donors (Lipinski definition) is 1. The normalized spacial score (nSPS) is 18.8. The molecular formula is C16H29N3O. The summed E-state index contributed by atoms with van der Waals surface area (Å²) in [5.41, 5.74) is 0.146. The highest BCUT2D eigenvalue weighted by atomic mass is 16.5. The molecule has 0 amide bonds. The summed E-state index contributed by atoms with van der Waals surface area (Å²) in [7, 11) is 3.94. The number of methoxy groups -OCH3 is 1. The fourth-order valence-electron chi connectivity index (χ4n) is 3.08. The Morgan fingerprint density at radius 3 is 2.80 bits per heavy atom. The van der Waals surface area contributed by atoms with Gasteiger partial charge in [0.25, 0.3) is 0 Å². The Bertz CT molecular complexity index is 393. The van der Waals surface area contributed by atoms with Crippen molar-refractivity contribution in [1.82, 2.24) is 14.9 Å². The number of ether oxygens (including phenoxy) is 1. The molecule has 1 aliphatic rings. The van der Waals surface area contributed by atoms with E-state index in [0.29, 0.717) is 6.04 Å². The zero-order valence-corrected chi connectivity index (χ0v) is 13.2. The number of nitrogens with one attached hydrogen (secondary N) is 1. The molecule has 0 saturated heterocycles. The van der Waals surface area contributed by atoms with E-state index in [2.05, 4.69) is 28.8 Å². The van der Waals surface area contributed by atoms with Crippen molar-refractivity contribution >= 4 is 0 Å². The maximum absolute atomic E-state index is 5.78. The first kappa shape index (κ1) is 15.5. The van der Waals surface area contributed by atoms with Gasteiger partial charge in [0, 0.05) is 39.0 Å². The molecule has 4 nitrogen and oxygen atoms in total. The zero-order chi connectivity index (χ0) is 14.4. The van der Waals surface area contributed by atoms with Gasteiger partial charge in [-0.2, -0.15) is 0 Å². The molecule has 2 rings (SSSR count). The van der Waals surface area contributed by atoms with Gasteiger partial charge < -0.3 is 14.6 Å². The first-order valence-corrected chi connectivity index (χ1v) is 7.94. The van der Waals surface area contributed by atoms with Gasteiger partial charge in [-0.05, 0) is 45.1 Å². The van der Waals surface area contributed by atoms with Crippen molar-refractivity contribution < 1.29 is 4.74 Å². The van der Waals surface area contributed by atoms with Gasteiger partial charge in [-0.1, -0.05) is 6.92 Å². The summed E-state index contributed by atoms with van der Waals surface area (Å²) in [6.07, 6.45) is 12.1. The van der Waals surface area contributed by atoms with E-state index in [1.165, 1.54) is 31.5 Å². The van der Waals surface area contributed by atoms with Gasteiger partial charge in [0.15, 0.2) is 0 Å². The molecular weight excluding hydrogens is 250 g/mol. The lowest BCUT2D eigenvalue weighted by Crippen LogP contribution is -2.46. The van der Waals surface area contributed by atoms with Crippen LogP contribution in [0.5, 0.6) is 0 Å². The molecule has 0 aliphatic heterocycles. The van der Waals surface area contributed by atoms with Crippen LogP contribution in [0.2, 0.25) is 0 Å². The van der Waals surface area contributed by atoms with Crippen molar-refractivity contribution in [3.63, 3.8) is 0 Å². The van der Waals surface area contributed by atoms with Gasteiger partial charge in [0.05, 0.1) is 5.60 Å². The molecule has 1 fully saturated rings. The highest BCUT2D eigenvalue weighted by Gasteiger charge is 2.38. The van der Waals surface area contributed by atoms with Crippen LogP contribution in [-0.2, 0) is 18.2 Å². The van der Waals surface area contributed by atoms with E-state index in [4.69, 9.17) is 4.74 Å². The number of aromatic nitrogens is 2. The third kappa shape index (κ3) is 3.83. The van der Waals surface area contributed by atoms with Crippen LogP contribution in [0.15, 0.2) is 12.4 Å². The van der Waals surface area contributed by atoms with Crippen LogP contribution in [0, 0.1) is 0 Å². The number of hydrogen-bond acceptors (Lipinski definition) is 3. The minimum atomic E-state index is 0.146. The van der Waals surface area contributed by atoms with Crippen LogP contribution in [0.25, 0.3) is 0 Å². The molecule has 0 aromatic carbocycles. The molecule has 1 aromatic heterocycles. The molecule has 1 N–H and O–H groups in total. The molecule has 1 atom stereocenters. The third-order valence-electron chi connectivity index (χ3n) is 4.64. The van der Waals surface area contributed by atoms with Gasteiger partial charge in [-0.25, -0.2) is 4.98 Å². The summed E-state index contributed by atoms with van der Waals surface area (Å²) in [6, 6.07) is 0.534. The van der Waals surface area contributed by atoms with Crippen LogP contribution in [0.3, 0.4) is 0 Å². The van der Waals surface area contributed by atoms with E-state index in [0.717, 1.165) is 25.8 Å². The minimum absolute atomic E-state index is 0.146. The molecule has 0 radical (unpaired) electrons. The fourth-order valence-corrected chi connectivity index (χ4v) is 3.08. The smallest absolute Gasteiger partial charge is 0.108 e. The summed E-state index contributed by atoms with van der Waals surface area (Å²) in [5, 5.41) is 3.69. The van der Waals surface area contributed by atoms with Crippen molar-refractivity contribution in [3.05, 3.63) is 18.2 Å². The average Bonchev–Trinajstić information content (AvgIpc) is 2.82. The van der Waals surface area contributed by atoms with Crippen molar-refractivity contribution in [2.24, 2.45) is 7.05 Å². The quantitative estimate of drug-likeness (QED) is 0.755. The summed E-state index contributed by atoms with van der Waals surface area (Å²) < 4.78 is 7.90. The molecule has 1 heterocycles. The maximum Gasteiger partial charge on any atom is 0.108 e. The van der Waals surface area contributed by atoms with E-state index in [1.54, 1.807) is 0 Å². The Morgan fingerprint density at radius 2 is 2.30 bits per heavy atom. The van der Waals surface area contributed by atoms with E-state index in [-0.39, 0.29) is 5.60 Å². The SMILES string of the molecule is CCCNC(CCc1nccn1C)CC1(OC)CCC1. The summed E-state index contributed by atoms with van der Waals surface area (Å²) in [5.74, 6) is 1.17. The number of rotatable bonds is 9. The third-order valence-corrected chi connectivity index (χ3v) is 4.64. The first-order valence-electron chi connectivity index (χ1n) is 7.94. The Hall–Kier alpha value is -0.870. The average molecular weight is 279 g/mol. The van der Waals surface area contributed by atoms with Gasteiger partial charge in [-0.15, -0.1) is 0 Å². The second-order valence-electron chi connectivity index (χ2n) is 6.09. The van der Waals surface area contributed by atoms with Gasteiger partial charge in [0.1, 0.15) is 5.82 Å². The molecule has 0 bridgehead atoms. The lowest BCUT2D eigenvalue weighted by molar-refractivity contribution is -0.0838. The zero-order valence-electron chi connectivity index (χ0n) is 13.2. The van der Waals surface area contributed by atoms with Crippen LogP contribution >= 0.6 is 0 Å². The predicted octanol–water partition coefficient (Wildman–Crippen LogP) is 2.68. The van der Waals surface area contributed by atoms with E-state index >= 15 is 0 Å². The fraction of sp³-hybridized carbons (Fsp3) is 0.812. The van der Waals surface area contributed by atoms with E-state index in [9.17, 15) is 0 Å². The molecule has 4 heteroatoms. The first-order chi connectivity index (χ1) is 9.69. The lowest BCUT2D eigenvalue weighted by atomic mass is 9.75. The molecule has 1 aliphatic carbocycles. The van der Waals surface area contributed by atoms with Crippen molar-refractivity contribution in [1.29, 1.82) is 0 Å². The molecule has 1 aromatic rings. The van der Waals surface area contributed by atoms with Gasteiger partial charge in [0.2, 0.25) is 0 Å². The summed E-state index contributed by atoms with van der Waals surface area (Å²) in [4.78, 5) is 4.42. The Balaban J connectivity index is 1.87. The molecule has 114 valence electrons. The van der Waals surface area contributed by atoms with E-state index in [1.807, 2.05) is 19.5 Å². The largest absolute Gasteiger partial charge is 0.378 e. The predicted molar refractivity (Wildman–Crippen MR) is 81.8 cm³/mol. The van der Waals surface area contributed by atoms with Crippen molar-refractivity contribution in [2.45, 2.75) is 63.5 Å². The second kappa shape index (κ2) is 7.23. The Kier molecular flexibility index (Phi) is 5.61. The van der Waals surface area contributed by atoms with Crippen molar-refractivity contribution in [3.8, 4) is 0 Å². The maximum atomic E-state index is 5.78. The minimum Gasteiger partial charge on any atom is -0.378 e. The monoisotopic (exact) mass is 279 g/mol. The molecule has 20 heavy (non-hydrogen) atoms. The topological polar surface area (TPSA) is 39.1 Å². The molecule has 0 spiro atoms. The Labute approximate surface area is 122 Å². The Morgan fingerprint density at radius 1 is 1.50 bits per heavy atom. The van der Waals surface area contributed by atoms with Gasteiger partial charge >= 0.3 is 0 Å².